The van der Waals surface area contributed by atoms with Gasteiger partial charge in [-0.05, 0) is 32.4 Å². The van der Waals surface area contributed by atoms with E-state index in [0.717, 1.165) is 0 Å². The Balaban J connectivity index is 2.92. The van der Waals surface area contributed by atoms with Crippen LogP contribution in [0.1, 0.15) is 31.3 Å². The lowest BCUT2D eigenvalue weighted by atomic mass is 10.2. The van der Waals surface area contributed by atoms with Crippen molar-refractivity contribution < 1.29 is 9.53 Å². The Morgan fingerprint density at radius 1 is 1.47 bits per heavy atom. The van der Waals surface area contributed by atoms with Gasteiger partial charge in [-0.15, -0.1) is 0 Å². The normalized spacial score (nSPS) is 11.2. The number of hydrogen-bond donors (Lipinski definition) is 1. The molecule has 0 saturated heterocycles. The number of halogens is 1. The maximum atomic E-state index is 11.5. The van der Waals surface area contributed by atoms with Crippen molar-refractivity contribution >= 4 is 23.4 Å². The molecule has 0 atom stereocenters. The second kappa shape index (κ2) is 4.02. The van der Waals surface area contributed by atoms with Crippen molar-refractivity contribution in [3.05, 3.63) is 17.0 Å². The molecule has 0 saturated carbocycles. The minimum absolute atomic E-state index is 0.0578. The summed E-state index contributed by atoms with van der Waals surface area (Å²) in [5.74, 6) is -0.436. The van der Waals surface area contributed by atoms with Crippen molar-refractivity contribution in [1.82, 2.24) is 9.97 Å². The van der Waals surface area contributed by atoms with E-state index in [2.05, 4.69) is 9.97 Å². The summed E-state index contributed by atoms with van der Waals surface area (Å²) in [6.07, 6.45) is 0. The van der Waals surface area contributed by atoms with Gasteiger partial charge in [0.25, 0.3) is 0 Å². The zero-order valence-electron chi connectivity index (χ0n) is 8.74. The van der Waals surface area contributed by atoms with E-state index >= 15 is 0 Å². The van der Waals surface area contributed by atoms with Crippen LogP contribution < -0.4 is 5.73 Å². The van der Waals surface area contributed by atoms with Gasteiger partial charge in [-0.2, -0.15) is 0 Å². The molecule has 6 heteroatoms. The quantitative estimate of drug-likeness (QED) is 0.585. The molecule has 0 aromatic carbocycles. The van der Waals surface area contributed by atoms with E-state index in [-0.39, 0.29) is 16.8 Å². The molecule has 1 rings (SSSR count). The summed E-state index contributed by atoms with van der Waals surface area (Å²) in [5, 5.41) is -0.0733. The number of nitrogens with zero attached hydrogens (tertiary/aromatic N) is 2. The predicted octanol–water partition coefficient (Wildman–Crippen LogP) is 1.67. The Morgan fingerprint density at radius 3 is 2.53 bits per heavy atom. The Morgan fingerprint density at radius 2 is 2.07 bits per heavy atom. The third kappa shape index (κ3) is 3.71. The average Bonchev–Trinajstić information content (AvgIpc) is 1.98. The molecule has 0 radical (unpaired) electrons. The highest BCUT2D eigenvalue weighted by atomic mass is 35.5. The number of nitrogens with two attached hydrogens (primary N) is 1. The summed E-state index contributed by atoms with van der Waals surface area (Å²) < 4.78 is 5.09. The SMILES string of the molecule is CC(C)(C)OC(=O)c1cc(N)nc(Cl)n1. The van der Waals surface area contributed by atoms with Gasteiger partial charge in [-0.3, -0.25) is 0 Å². The molecule has 0 unspecified atom stereocenters. The van der Waals surface area contributed by atoms with Crippen LogP contribution in [0.5, 0.6) is 0 Å². The molecule has 0 aliphatic rings. The highest BCUT2D eigenvalue weighted by Gasteiger charge is 2.19. The highest BCUT2D eigenvalue weighted by Crippen LogP contribution is 2.13. The predicted molar refractivity (Wildman–Crippen MR) is 56.6 cm³/mol. The van der Waals surface area contributed by atoms with Crippen LogP contribution in [0.3, 0.4) is 0 Å². The number of anilines is 1. The van der Waals surface area contributed by atoms with Gasteiger partial charge in [0.15, 0.2) is 5.69 Å². The molecule has 0 aliphatic carbocycles. The van der Waals surface area contributed by atoms with Gasteiger partial charge in [0, 0.05) is 6.07 Å². The Bertz CT molecular complexity index is 367. The fourth-order valence-electron chi connectivity index (χ4n) is 0.870. The standard InChI is InChI=1S/C9H12ClN3O2/c1-9(2,3)15-7(14)5-4-6(11)13-8(10)12-5/h4H,1-3H3,(H2,11,12,13). The number of rotatable bonds is 1. The Labute approximate surface area is 92.6 Å². The van der Waals surface area contributed by atoms with E-state index in [1.54, 1.807) is 20.8 Å². The van der Waals surface area contributed by atoms with Gasteiger partial charge in [-0.1, -0.05) is 0 Å². The lowest BCUT2D eigenvalue weighted by Crippen LogP contribution is -2.24. The smallest absolute Gasteiger partial charge is 0.357 e. The van der Waals surface area contributed by atoms with Crippen LogP contribution in [0.25, 0.3) is 0 Å². The minimum Gasteiger partial charge on any atom is -0.455 e. The fraction of sp³-hybridized carbons (Fsp3) is 0.444. The maximum absolute atomic E-state index is 11.5. The van der Waals surface area contributed by atoms with Crippen LogP contribution in [0.15, 0.2) is 6.07 Å². The lowest BCUT2D eigenvalue weighted by Gasteiger charge is -2.19. The van der Waals surface area contributed by atoms with Crippen LogP contribution in [0.2, 0.25) is 5.28 Å². The molecule has 2 N–H and O–H groups in total. The number of ether oxygens (including phenoxy) is 1. The summed E-state index contributed by atoms with van der Waals surface area (Å²) in [7, 11) is 0. The molecule has 0 bridgehead atoms. The summed E-state index contributed by atoms with van der Waals surface area (Å²) in [6, 6.07) is 1.32. The van der Waals surface area contributed by atoms with E-state index in [1.807, 2.05) is 0 Å². The van der Waals surface area contributed by atoms with Gasteiger partial charge in [0.1, 0.15) is 11.4 Å². The summed E-state index contributed by atoms with van der Waals surface area (Å²) in [6.45, 7) is 5.28. The van der Waals surface area contributed by atoms with Crippen LogP contribution in [-0.2, 0) is 4.74 Å². The van der Waals surface area contributed by atoms with Gasteiger partial charge < -0.3 is 10.5 Å². The van der Waals surface area contributed by atoms with Crippen molar-refractivity contribution in [1.29, 1.82) is 0 Å². The molecular weight excluding hydrogens is 218 g/mol. The number of esters is 1. The van der Waals surface area contributed by atoms with Crippen molar-refractivity contribution in [3.8, 4) is 0 Å². The molecule has 1 aromatic heterocycles. The first-order valence-corrected chi connectivity index (χ1v) is 4.69. The van der Waals surface area contributed by atoms with E-state index < -0.39 is 11.6 Å². The summed E-state index contributed by atoms with van der Waals surface area (Å²) >= 11 is 5.56. The first-order chi connectivity index (χ1) is 6.78. The number of carbonyl (C=O) groups is 1. The zero-order chi connectivity index (χ0) is 11.6. The van der Waals surface area contributed by atoms with Crippen LogP contribution in [0, 0.1) is 0 Å². The monoisotopic (exact) mass is 229 g/mol. The topological polar surface area (TPSA) is 78.1 Å². The van der Waals surface area contributed by atoms with E-state index in [9.17, 15) is 4.79 Å². The largest absolute Gasteiger partial charge is 0.455 e. The van der Waals surface area contributed by atoms with Gasteiger partial charge in [-0.25, -0.2) is 14.8 Å². The minimum atomic E-state index is -0.580. The van der Waals surface area contributed by atoms with Gasteiger partial charge in [0.2, 0.25) is 5.28 Å². The number of aromatic nitrogens is 2. The third-order valence-corrected chi connectivity index (χ3v) is 1.50. The zero-order valence-corrected chi connectivity index (χ0v) is 9.50. The number of hydrogen-bond acceptors (Lipinski definition) is 5. The van der Waals surface area contributed by atoms with Gasteiger partial charge >= 0.3 is 5.97 Å². The molecule has 0 aliphatic heterocycles. The molecular formula is C9H12ClN3O2. The molecule has 0 spiro atoms. The van der Waals surface area contributed by atoms with Crippen molar-refractivity contribution in [2.45, 2.75) is 26.4 Å². The molecule has 82 valence electrons. The fourth-order valence-corrected chi connectivity index (χ4v) is 1.06. The Hall–Kier alpha value is -1.36. The second-order valence-electron chi connectivity index (χ2n) is 3.95. The number of carbonyl (C=O) groups excluding carboxylic acids is 1. The summed E-state index contributed by atoms with van der Waals surface area (Å²) in [5.41, 5.74) is 4.90. The summed E-state index contributed by atoms with van der Waals surface area (Å²) in [4.78, 5) is 18.9. The lowest BCUT2D eigenvalue weighted by molar-refractivity contribution is 0.00627. The first-order valence-electron chi connectivity index (χ1n) is 4.31. The first kappa shape index (κ1) is 11.7. The third-order valence-electron chi connectivity index (χ3n) is 1.33. The molecule has 1 heterocycles. The van der Waals surface area contributed by atoms with E-state index in [1.165, 1.54) is 6.07 Å². The van der Waals surface area contributed by atoms with Gasteiger partial charge in [0.05, 0.1) is 0 Å². The molecule has 0 fully saturated rings. The van der Waals surface area contributed by atoms with Crippen LogP contribution in [0.4, 0.5) is 5.82 Å². The molecule has 0 amide bonds. The molecule has 15 heavy (non-hydrogen) atoms. The Kier molecular flexibility index (Phi) is 3.14. The molecule has 1 aromatic rings. The highest BCUT2D eigenvalue weighted by molar-refractivity contribution is 6.28. The van der Waals surface area contributed by atoms with E-state index in [0.29, 0.717) is 0 Å². The van der Waals surface area contributed by atoms with Crippen molar-refractivity contribution in [3.63, 3.8) is 0 Å². The average molecular weight is 230 g/mol. The van der Waals surface area contributed by atoms with Crippen molar-refractivity contribution in [2.75, 3.05) is 5.73 Å². The van der Waals surface area contributed by atoms with E-state index in [4.69, 9.17) is 22.1 Å². The molecule has 5 nitrogen and oxygen atoms in total. The van der Waals surface area contributed by atoms with Crippen LogP contribution in [-0.4, -0.2) is 21.5 Å². The second-order valence-corrected chi connectivity index (χ2v) is 4.29. The van der Waals surface area contributed by atoms with Crippen LogP contribution >= 0.6 is 11.6 Å². The maximum Gasteiger partial charge on any atom is 0.357 e. The number of nitrogen functional groups attached to an aromatic ring is 1. The van der Waals surface area contributed by atoms with Crippen molar-refractivity contribution in [2.24, 2.45) is 0 Å².